The largest absolute Gasteiger partial charge is 0.321 e. The zero-order valence-corrected chi connectivity index (χ0v) is 18.1. The third-order valence-corrected chi connectivity index (χ3v) is 8.54. The van der Waals surface area contributed by atoms with Gasteiger partial charge in [-0.15, -0.1) is 11.3 Å². The van der Waals surface area contributed by atoms with E-state index in [2.05, 4.69) is 10.2 Å². The lowest BCUT2D eigenvalue weighted by atomic mass is 10.2. The van der Waals surface area contributed by atoms with Crippen LogP contribution in [0.25, 0.3) is 10.1 Å². The molecule has 0 radical (unpaired) electrons. The first-order valence-corrected chi connectivity index (χ1v) is 11.8. The van der Waals surface area contributed by atoms with E-state index in [1.54, 1.807) is 12.1 Å². The van der Waals surface area contributed by atoms with Crippen LogP contribution >= 0.6 is 22.9 Å². The van der Waals surface area contributed by atoms with Gasteiger partial charge in [0.25, 0.3) is 5.91 Å². The average molecular weight is 450 g/mol. The number of carbonyl (C=O) groups is 1. The Kier molecular flexibility index (Phi) is 5.63. The summed E-state index contributed by atoms with van der Waals surface area (Å²) in [5, 5.41) is 4.07. The van der Waals surface area contributed by atoms with Crippen LogP contribution in [0.5, 0.6) is 0 Å². The summed E-state index contributed by atoms with van der Waals surface area (Å²) >= 11 is 7.69. The molecular weight excluding hydrogens is 430 g/mol. The molecule has 4 rings (SSSR count). The Bertz CT molecular complexity index is 1150. The topological polar surface area (TPSA) is 69.7 Å². The number of halogens is 1. The van der Waals surface area contributed by atoms with Crippen molar-refractivity contribution in [3.63, 3.8) is 0 Å². The van der Waals surface area contributed by atoms with Gasteiger partial charge < -0.3 is 10.2 Å². The standard InChI is InChI=1S/C20H20ClN3O3S2/c1-23-10-12-24(13-11-23)29(26,27)15-8-6-14(7-9-15)22-20(25)19-18(21)16-4-2-3-5-17(16)28-19/h2-9H,10-13H2,1H3,(H,22,25). The Labute approximate surface area is 178 Å². The molecule has 1 saturated heterocycles. The smallest absolute Gasteiger partial charge is 0.267 e. The van der Waals surface area contributed by atoms with Crippen LogP contribution in [0.4, 0.5) is 5.69 Å². The van der Waals surface area contributed by atoms with E-state index < -0.39 is 10.0 Å². The first kappa shape index (κ1) is 20.3. The Morgan fingerprint density at radius 1 is 1.03 bits per heavy atom. The summed E-state index contributed by atoms with van der Waals surface area (Å²) in [5.74, 6) is -0.314. The first-order valence-electron chi connectivity index (χ1n) is 9.13. The van der Waals surface area contributed by atoms with E-state index in [9.17, 15) is 13.2 Å². The van der Waals surface area contributed by atoms with Crippen LogP contribution in [0.3, 0.4) is 0 Å². The Morgan fingerprint density at radius 2 is 1.69 bits per heavy atom. The average Bonchev–Trinajstić information content (AvgIpc) is 3.06. The molecule has 1 amide bonds. The molecule has 1 aliphatic heterocycles. The summed E-state index contributed by atoms with van der Waals surface area (Å²) in [4.78, 5) is 15.4. The number of anilines is 1. The molecule has 0 atom stereocenters. The number of nitrogens with one attached hydrogen (secondary N) is 1. The molecule has 1 fully saturated rings. The number of benzene rings is 2. The summed E-state index contributed by atoms with van der Waals surface area (Å²) in [5.41, 5.74) is 0.515. The van der Waals surface area contributed by atoms with E-state index in [0.29, 0.717) is 41.8 Å². The number of thiophene rings is 1. The van der Waals surface area contributed by atoms with Gasteiger partial charge in [0.15, 0.2) is 0 Å². The molecule has 2 aromatic carbocycles. The van der Waals surface area contributed by atoms with Crippen molar-refractivity contribution in [2.45, 2.75) is 4.90 Å². The maximum Gasteiger partial charge on any atom is 0.267 e. The second kappa shape index (κ2) is 8.04. The van der Waals surface area contributed by atoms with Gasteiger partial charge in [0.1, 0.15) is 4.88 Å². The number of nitrogens with zero attached hydrogens (tertiary/aromatic N) is 2. The third-order valence-electron chi connectivity index (χ3n) is 4.95. The van der Waals surface area contributed by atoms with Gasteiger partial charge in [0, 0.05) is 42.0 Å². The van der Waals surface area contributed by atoms with Crippen molar-refractivity contribution in [2.24, 2.45) is 0 Å². The molecule has 0 spiro atoms. The molecule has 0 aliphatic carbocycles. The molecule has 3 aromatic rings. The van der Waals surface area contributed by atoms with Gasteiger partial charge in [-0.1, -0.05) is 29.8 Å². The van der Waals surface area contributed by atoms with Gasteiger partial charge in [-0.25, -0.2) is 8.42 Å². The molecule has 152 valence electrons. The van der Waals surface area contributed by atoms with Crippen LogP contribution < -0.4 is 5.32 Å². The summed E-state index contributed by atoms with van der Waals surface area (Å²) in [6, 6.07) is 13.8. The van der Waals surface area contributed by atoms with Crippen LogP contribution in [0.1, 0.15) is 9.67 Å². The summed E-state index contributed by atoms with van der Waals surface area (Å²) < 4.78 is 28.0. The van der Waals surface area contributed by atoms with Gasteiger partial charge in [0.05, 0.1) is 9.92 Å². The molecule has 1 aromatic heterocycles. The number of fused-ring (bicyclic) bond motifs is 1. The second-order valence-corrected chi connectivity index (χ2v) is 10.3. The van der Waals surface area contributed by atoms with E-state index in [1.807, 2.05) is 31.3 Å². The van der Waals surface area contributed by atoms with Gasteiger partial charge in [-0.3, -0.25) is 4.79 Å². The van der Waals surface area contributed by atoms with Crippen molar-refractivity contribution in [3.05, 3.63) is 58.4 Å². The van der Waals surface area contributed by atoms with Gasteiger partial charge in [-0.05, 0) is 37.4 Å². The van der Waals surface area contributed by atoms with E-state index >= 15 is 0 Å². The molecular formula is C20H20ClN3O3S2. The Balaban J connectivity index is 1.50. The lowest BCUT2D eigenvalue weighted by Gasteiger charge is -2.31. The van der Waals surface area contributed by atoms with Crippen molar-refractivity contribution in [1.29, 1.82) is 0 Å². The summed E-state index contributed by atoms with van der Waals surface area (Å²) in [6.07, 6.45) is 0. The minimum Gasteiger partial charge on any atom is -0.321 e. The zero-order valence-electron chi connectivity index (χ0n) is 15.8. The SMILES string of the molecule is CN1CCN(S(=O)(=O)c2ccc(NC(=O)c3sc4ccccc4c3Cl)cc2)CC1. The number of sulfonamides is 1. The van der Waals surface area contributed by atoms with Crippen LogP contribution in [-0.2, 0) is 10.0 Å². The summed E-state index contributed by atoms with van der Waals surface area (Å²) in [6.45, 7) is 2.37. The van der Waals surface area contributed by atoms with E-state index in [1.165, 1.54) is 27.8 Å². The van der Waals surface area contributed by atoms with Crippen molar-refractivity contribution in [1.82, 2.24) is 9.21 Å². The van der Waals surface area contributed by atoms with Crippen LogP contribution in [0.2, 0.25) is 5.02 Å². The molecule has 0 unspecified atom stereocenters. The van der Waals surface area contributed by atoms with Crippen molar-refractivity contribution < 1.29 is 13.2 Å². The minimum absolute atomic E-state index is 0.222. The summed E-state index contributed by atoms with van der Waals surface area (Å²) in [7, 11) is -1.56. The van der Waals surface area contributed by atoms with Gasteiger partial charge in [-0.2, -0.15) is 4.31 Å². The van der Waals surface area contributed by atoms with E-state index in [0.717, 1.165) is 10.1 Å². The highest BCUT2D eigenvalue weighted by Crippen LogP contribution is 2.35. The normalized spacial score (nSPS) is 16.2. The number of hydrogen-bond acceptors (Lipinski definition) is 5. The van der Waals surface area contributed by atoms with Crippen LogP contribution in [0, 0.1) is 0 Å². The van der Waals surface area contributed by atoms with Gasteiger partial charge >= 0.3 is 0 Å². The van der Waals surface area contributed by atoms with Crippen molar-refractivity contribution in [3.8, 4) is 0 Å². The Morgan fingerprint density at radius 3 is 2.34 bits per heavy atom. The predicted molar refractivity (Wildman–Crippen MR) is 117 cm³/mol. The number of rotatable bonds is 4. The first-order chi connectivity index (χ1) is 13.9. The molecule has 1 aliphatic rings. The lowest BCUT2D eigenvalue weighted by molar-refractivity contribution is 0.103. The molecule has 0 bridgehead atoms. The number of piperazine rings is 1. The fourth-order valence-corrected chi connectivity index (χ4v) is 6.07. The van der Waals surface area contributed by atoms with Crippen LogP contribution in [0.15, 0.2) is 53.4 Å². The number of likely N-dealkylation sites (N-methyl/N-ethyl adjacent to an activating group) is 1. The zero-order chi connectivity index (χ0) is 20.6. The maximum atomic E-state index is 12.8. The van der Waals surface area contributed by atoms with E-state index in [-0.39, 0.29) is 10.8 Å². The molecule has 1 N–H and O–H groups in total. The molecule has 29 heavy (non-hydrogen) atoms. The third kappa shape index (κ3) is 4.04. The predicted octanol–water partition coefficient (Wildman–Crippen LogP) is 3.74. The monoisotopic (exact) mass is 449 g/mol. The van der Waals surface area contributed by atoms with Gasteiger partial charge in [0.2, 0.25) is 10.0 Å². The molecule has 9 heteroatoms. The number of hydrogen-bond donors (Lipinski definition) is 1. The molecule has 2 heterocycles. The van der Waals surface area contributed by atoms with E-state index in [4.69, 9.17) is 11.6 Å². The lowest BCUT2D eigenvalue weighted by Crippen LogP contribution is -2.46. The number of carbonyl (C=O) groups excluding carboxylic acids is 1. The maximum absolute atomic E-state index is 12.8. The van der Waals surface area contributed by atoms with Crippen molar-refractivity contribution >= 4 is 54.6 Å². The highest BCUT2D eigenvalue weighted by atomic mass is 35.5. The fourth-order valence-electron chi connectivity index (χ4n) is 3.24. The number of amides is 1. The Hall–Kier alpha value is -1.97. The van der Waals surface area contributed by atoms with Crippen molar-refractivity contribution in [2.75, 3.05) is 38.5 Å². The highest BCUT2D eigenvalue weighted by Gasteiger charge is 2.27. The molecule has 6 nitrogen and oxygen atoms in total. The highest BCUT2D eigenvalue weighted by molar-refractivity contribution is 7.89. The quantitative estimate of drug-likeness (QED) is 0.658. The minimum atomic E-state index is -3.53. The molecule has 0 saturated carbocycles. The fraction of sp³-hybridized carbons (Fsp3) is 0.250. The second-order valence-electron chi connectivity index (χ2n) is 6.93. The van der Waals surface area contributed by atoms with Crippen LogP contribution in [-0.4, -0.2) is 56.8 Å².